The fourth-order valence-corrected chi connectivity index (χ4v) is 1.88. The van der Waals surface area contributed by atoms with E-state index in [-0.39, 0.29) is 18.2 Å². The number of carboxylic acid groups (broad SMARTS) is 1. The highest BCUT2D eigenvalue weighted by Crippen LogP contribution is 2.02. The van der Waals surface area contributed by atoms with E-state index in [1.165, 1.54) is 6.92 Å². The summed E-state index contributed by atoms with van der Waals surface area (Å²) in [5, 5.41) is 16.1. The Balaban J connectivity index is 4.68. The van der Waals surface area contributed by atoms with Gasteiger partial charge in [-0.1, -0.05) is 13.8 Å². The topological polar surface area (TPSA) is 151 Å². The molecule has 0 aromatic rings. The number of carbonyl (C=O) groups excluding carboxylic acids is 3. The molecule has 0 aliphatic carbocycles. The van der Waals surface area contributed by atoms with Crippen LogP contribution >= 0.6 is 12.6 Å². The Kier molecular flexibility index (Phi) is 9.27. The standard InChI is InChI=1S/C13H24N4O5S/c1-6(2)10(13(21)22)17-11(19)7(3)15-12(20)8(5-23)16-9(18)4-14/h6-8,10,23H,4-5,14H2,1-3H3,(H,15,20)(H,16,18)(H,17,19)(H,21,22). The van der Waals surface area contributed by atoms with E-state index in [0.717, 1.165) is 0 Å². The predicted molar refractivity (Wildman–Crippen MR) is 86.8 cm³/mol. The van der Waals surface area contributed by atoms with Crippen molar-refractivity contribution in [1.82, 2.24) is 16.0 Å². The lowest BCUT2D eigenvalue weighted by Gasteiger charge is -2.22. The smallest absolute Gasteiger partial charge is 0.326 e. The van der Waals surface area contributed by atoms with Crippen LogP contribution in [0.5, 0.6) is 0 Å². The summed E-state index contributed by atoms with van der Waals surface area (Å²) in [5.41, 5.74) is 5.15. The summed E-state index contributed by atoms with van der Waals surface area (Å²) in [6.07, 6.45) is 0. The predicted octanol–water partition coefficient (Wildman–Crippen LogP) is -1.91. The fourth-order valence-electron chi connectivity index (χ4n) is 1.62. The Morgan fingerprint density at radius 1 is 1.04 bits per heavy atom. The van der Waals surface area contributed by atoms with E-state index in [4.69, 9.17) is 10.8 Å². The Morgan fingerprint density at radius 3 is 2.00 bits per heavy atom. The molecule has 0 aliphatic rings. The van der Waals surface area contributed by atoms with Crippen molar-refractivity contribution in [3.63, 3.8) is 0 Å². The quantitative estimate of drug-likeness (QED) is 0.268. The van der Waals surface area contributed by atoms with E-state index in [1.54, 1.807) is 13.8 Å². The van der Waals surface area contributed by atoms with E-state index in [0.29, 0.717) is 0 Å². The van der Waals surface area contributed by atoms with Crippen molar-refractivity contribution in [1.29, 1.82) is 0 Å². The van der Waals surface area contributed by atoms with E-state index in [1.807, 2.05) is 0 Å². The summed E-state index contributed by atoms with van der Waals surface area (Å²) in [4.78, 5) is 46.2. The normalized spacial score (nSPS) is 14.5. The average molecular weight is 348 g/mol. The molecule has 10 heteroatoms. The van der Waals surface area contributed by atoms with Crippen molar-refractivity contribution in [3.05, 3.63) is 0 Å². The van der Waals surface area contributed by atoms with Gasteiger partial charge in [0.05, 0.1) is 6.54 Å². The van der Waals surface area contributed by atoms with Crippen LogP contribution in [0, 0.1) is 5.92 Å². The maximum Gasteiger partial charge on any atom is 0.326 e. The Hall–Kier alpha value is -1.81. The minimum atomic E-state index is -1.16. The molecule has 0 saturated carbocycles. The number of nitrogens with two attached hydrogens (primary N) is 1. The number of nitrogens with one attached hydrogen (secondary N) is 3. The van der Waals surface area contributed by atoms with Gasteiger partial charge in [0.25, 0.3) is 0 Å². The van der Waals surface area contributed by atoms with Gasteiger partial charge in [-0.25, -0.2) is 4.79 Å². The number of hydrogen-bond acceptors (Lipinski definition) is 6. The van der Waals surface area contributed by atoms with Gasteiger partial charge in [-0.15, -0.1) is 0 Å². The molecule has 0 saturated heterocycles. The molecule has 23 heavy (non-hydrogen) atoms. The molecule has 0 aliphatic heterocycles. The van der Waals surface area contributed by atoms with Crippen molar-refractivity contribution in [2.24, 2.45) is 11.7 Å². The number of carboxylic acids is 1. The SMILES string of the molecule is CC(NC(=O)C(CS)NC(=O)CN)C(=O)NC(C(=O)O)C(C)C. The zero-order chi connectivity index (χ0) is 18.2. The molecule has 0 fully saturated rings. The monoisotopic (exact) mass is 348 g/mol. The third kappa shape index (κ3) is 7.33. The summed E-state index contributed by atoms with van der Waals surface area (Å²) in [7, 11) is 0. The van der Waals surface area contributed by atoms with Crippen molar-refractivity contribution in [2.75, 3.05) is 12.3 Å². The zero-order valence-corrected chi connectivity index (χ0v) is 14.2. The van der Waals surface area contributed by atoms with Crippen LogP contribution in [0.1, 0.15) is 20.8 Å². The lowest BCUT2D eigenvalue weighted by Crippen LogP contribution is -2.56. The van der Waals surface area contributed by atoms with Crippen LogP contribution in [0.4, 0.5) is 0 Å². The van der Waals surface area contributed by atoms with E-state index in [2.05, 4.69) is 28.6 Å². The fraction of sp³-hybridized carbons (Fsp3) is 0.692. The van der Waals surface area contributed by atoms with E-state index < -0.39 is 41.8 Å². The third-order valence-electron chi connectivity index (χ3n) is 3.00. The van der Waals surface area contributed by atoms with Crippen LogP contribution in [0.2, 0.25) is 0 Å². The second kappa shape index (κ2) is 10.1. The summed E-state index contributed by atoms with van der Waals surface area (Å²) in [6, 6.07) is -2.97. The first-order valence-corrected chi connectivity index (χ1v) is 7.71. The molecule has 3 amide bonds. The molecule has 0 bridgehead atoms. The van der Waals surface area contributed by atoms with Gasteiger partial charge in [-0.3, -0.25) is 14.4 Å². The minimum absolute atomic E-state index is 0.0235. The molecule has 0 spiro atoms. The van der Waals surface area contributed by atoms with Crippen LogP contribution < -0.4 is 21.7 Å². The first-order chi connectivity index (χ1) is 10.6. The van der Waals surface area contributed by atoms with Gasteiger partial charge < -0.3 is 26.8 Å². The molecule has 0 aromatic heterocycles. The number of thiol groups is 1. The van der Waals surface area contributed by atoms with Crippen LogP contribution in [0.3, 0.4) is 0 Å². The molecule has 3 atom stereocenters. The molecule has 6 N–H and O–H groups in total. The van der Waals surface area contributed by atoms with Gasteiger partial charge in [0, 0.05) is 5.75 Å². The van der Waals surface area contributed by atoms with Crippen LogP contribution in [-0.4, -0.2) is 59.2 Å². The zero-order valence-electron chi connectivity index (χ0n) is 13.3. The lowest BCUT2D eigenvalue weighted by molar-refractivity contribution is -0.143. The molecular weight excluding hydrogens is 324 g/mol. The molecular formula is C13H24N4O5S. The van der Waals surface area contributed by atoms with E-state index >= 15 is 0 Å². The van der Waals surface area contributed by atoms with Gasteiger partial charge in [0.15, 0.2) is 0 Å². The average Bonchev–Trinajstić information content (AvgIpc) is 2.48. The van der Waals surface area contributed by atoms with Gasteiger partial charge in [-0.2, -0.15) is 12.6 Å². The summed E-state index contributed by atoms with van der Waals surface area (Å²) in [5.74, 6) is -3.22. The van der Waals surface area contributed by atoms with Crippen molar-refractivity contribution >= 4 is 36.3 Å². The van der Waals surface area contributed by atoms with E-state index in [9.17, 15) is 19.2 Å². The van der Waals surface area contributed by atoms with Crippen LogP contribution in [0.15, 0.2) is 0 Å². The van der Waals surface area contributed by atoms with Gasteiger partial charge in [0.1, 0.15) is 18.1 Å². The maximum atomic E-state index is 12.0. The number of carbonyl (C=O) groups is 4. The van der Waals surface area contributed by atoms with Crippen molar-refractivity contribution < 1.29 is 24.3 Å². The molecule has 0 heterocycles. The van der Waals surface area contributed by atoms with Crippen molar-refractivity contribution in [2.45, 2.75) is 38.9 Å². The Morgan fingerprint density at radius 2 is 1.61 bits per heavy atom. The lowest BCUT2D eigenvalue weighted by atomic mass is 10.0. The number of hydrogen-bond donors (Lipinski definition) is 6. The molecule has 0 radical (unpaired) electrons. The van der Waals surface area contributed by atoms with Gasteiger partial charge >= 0.3 is 5.97 Å². The molecule has 0 rings (SSSR count). The van der Waals surface area contributed by atoms with Crippen LogP contribution in [0.25, 0.3) is 0 Å². The highest BCUT2D eigenvalue weighted by molar-refractivity contribution is 7.80. The first kappa shape index (κ1) is 21.2. The highest BCUT2D eigenvalue weighted by atomic mass is 32.1. The van der Waals surface area contributed by atoms with Crippen molar-refractivity contribution in [3.8, 4) is 0 Å². The summed E-state index contributed by atoms with van der Waals surface area (Å²) >= 11 is 3.96. The molecule has 3 unspecified atom stereocenters. The maximum absolute atomic E-state index is 12.0. The van der Waals surface area contributed by atoms with Crippen LogP contribution in [-0.2, 0) is 19.2 Å². The second-order valence-electron chi connectivity index (χ2n) is 5.31. The summed E-state index contributed by atoms with van der Waals surface area (Å²) in [6.45, 7) is 4.44. The third-order valence-corrected chi connectivity index (χ3v) is 3.37. The highest BCUT2D eigenvalue weighted by Gasteiger charge is 2.28. The molecule has 132 valence electrons. The Labute approximate surface area is 140 Å². The molecule has 9 nitrogen and oxygen atoms in total. The van der Waals surface area contributed by atoms with Gasteiger partial charge in [0.2, 0.25) is 17.7 Å². The summed E-state index contributed by atoms with van der Waals surface area (Å²) < 4.78 is 0. The minimum Gasteiger partial charge on any atom is -0.480 e. The number of amides is 3. The first-order valence-electron chi connectivity index (χ1n) is 7.07. The largest absolute Gasteiger partial charge is 0.480 e. The number of aliphatic carboxylic acids is 1. The Bertz CT molecular complexity index is 458. The van der Waals surface area contributed by atoms with Gasteiger partial charge in [-0.05, 0) is 12.8 Å². The molecule has 0 aromatic carbocycles. The second-order valence-corrected chi connectivity index (χ2v) is 5.67. The number of rotatable bonds is 9.